The van der Waals surface area contributed by atoms with E-state index in [9.17, 15) is 4.79 Å². The predicted octanol–water partition coefficient (Wildman–Crippen LogP) is 4.71. The maximum absolute atomic E-state index is 11.8. The van der Waals surface area contributed by atoms with Gasteiger partial charge in [0.25, 0.3) is 0 Å². The van der Waals surface area contributed by atoms with E-state index in [2.05, 4.69) is 16.6 Å². The molecule has 1 amide bonds. The van der Waals surface area contributed by atoms with E-state index < -0.39 is 0 Å². The van der Waals surface area contributed by atoms with Gasteiger partial charge < -0.3 is 4.42 Å². The summed E-state index contributed by atoms with van der Waals surface area (Å²) in [6.07, 6.45) is 1.44. The summed E-state index contributed by atoms with van der Waals surface area (Å²) in [6, 6.07) is 20.0. The summed E-state index contributed by atoms with van der Waals surface area (Å²) >= 11 is 7.22. The van der Waals surface area contributed by atoms with Crippen molar-refractivity contribution in [2.75, 3.05) is 5.75 Å². The maximum atomic E-state index is 11.8. The first-order valence-corrected chi connectivity index (χ1v) is 9.31. The SMILES string of the molecule is N#Cc1ccc(-c2ccc(/C=N\NC(=O)CSc3ccc(Cl)cc3)o2)cc1. The molecule has 0 aliphatic carbocycles. The zero-order valence-electron chi connectivity index (χ0n) is 14.1. The summed E-state index contributed by atoms with van der Waals surface area (Å²) in [5, 5.41) is 13.4. The van der Waals surface area contributed by atoms with Crippen molar-refractivity contribution in [1.82, 2.24) is 5.43 Å². The lowest BCUT2D eigenvalue weighted by Gasteiger charge is -2.00. The zero-order chi connectivity index (χ0) is 19.1. The fourth-order valence-corrected chi connectivity index (χ4v) is 2.98. The fraction of sp³-hybridized carbons (Fsp3) is 0.0500. The minimum absolute atomic E-state index is 0.218. The standard InChI is InChI=1S/C20H14ClN3O2S/c21-16-5-8-18(9-6-16)27-13-20(25)24-23-12-17-7-10-19(26-17)15-3-1-14(11-22)2-4-15/h1-10,12H,13H2,(H,24,25)/b23-12-. The Morgan fingerprint density at radius 1 is 1.15 bits per heavy atom. The largest absolute Gasteiger partial charge is 0.455 e. The third-order valence-corrected chi connectivity index (χ3v) is 4.75. The van der Waals surface area contributed by atoms with Crippen LogP contribution in [0.1, 0.15) is 11.3 Å². The quantitative estimate of drug-likeness (QED) is 0.372. The van der Waals surface area contributed by atoms with E-state index in [4.69, 9.17) is 21.3 Å². The Morgan fingerprint density at radius 3 is 2.59 bits per heavy atom. The number of hydrogen-bond acceptors (Lipinski definition) is 5. The minimum atomic E-state index is -0.218. The van der Waals surface area contributed by atoms with Crippen LogP contribution in [0, 0.1) is 11.3 Å². The second-order valence-electron chi connectivity index (χ2n) is 5.43. The summed E-state index contributed by atoms with van der Waals surface area (Å²) in [6.45, 7) is 0. The first kappa shape index (κ1) is 18.8. The Balaban J connectivity index is 1.50. The van der Waals surface area contributed by atoms with Gasteiger partial charge in [-0.05, 0) is 60.7 Å². The Hall–Kier alpha value is -3.01. The molecule has 0 saturated carbocycles. The molecule has 0 saturated heterocycles. The van der Waals surface area contributed by atoms with Crippen LogP contribution in [0.5, 0.6) is 0 Å². The number of thioether (sulfide) groups is 1. The molecule has 0 spiro atoms. The Bertz CT molecular complexity index is 989. The molecule has 0 aliphatic rings. The van der Waals surface area contributed by atoms with Gasteiger partial charge in [0, 0.05) is 15.5 Å². The van der Waals surface area contributed by atoms with Gasteiger partial charge in [0.2, 0.25) is 5.91 Å². The van der Waals surface area contributed by atoms with Gasteiger partial charge in [0.1, 0.15) is 11.5 Å². The number of halogens is 1. The lowest BCUT2D eigenvalue weighted by Crippen LogP contribution is -2.19. The van der Waals surface area contributed by atoms with Crippen molar-refractivity contribution in [2.24, 2.45) is 5.10 Å². The molecule has 7 heteroatoms. The maximum Gasteiger partial charge on any atom is 0.250 e. The van der Waals surface area contributed by atoms with Gasteiger partial charge in [0.05, 0.1) is 23.6 Å². The first-order valence-electron chi connectivity index (χ1n) is 7.95. The number of furan rings is 1. The lowest BCUT2D eigenvalue weighted by molar-refractivity contribution is -0.118. The normalized spacial score (nSPS) is 10.7. The second-order valence-corrected chi connectivity index (χ2v) is 6.91. The molecule has 5 nitrogen and oxygen atoms in total. The van der Waals surface area contributed by atoms with Gasteiger partial charge >= 0.3 is 0 Å². The highest BCUT2D eigenvalue weighted by Crippen LogP contribution is 2.22. The molecule has 0 fully saturated rings. The van der Waals surface area contributed by atoms with Crippen LogP contribution in [0.15, 0.2) is 75.1 Å². The van der Waals surface area contributed by atoms with Gasteiger partial charge in [-0.15, -0.1) is 11.8 Å². The van der Waals surface area contributed by atoms with Crippen LogP contribution in [0.25, 0.3) is 11.3 Å². The van der Waals surface area contributed by atoms with Gasteiger partial charge in [-0.2, -0.15) is 10.4 Å². The number of hydrogen-bond donors (Lipinski definition) is 1. The molecule has 27 heavy (non-hydrogen) atoms. The summed E-state index contributed by atoms with van der Waals surface area (Å²) in [4.78, 5) is 12.8. The molecule has 134 valence electrons. The fourth-order valence-electron chi connectivity index (χ4n) is 2.17. The molecule has 1 heterocycles. The van der Waals surface area contributed by atoms with Crippen molar-refractivity contribution >= 4 is 35.5 Å². The number of rotatable bonds is 6. The van der Waals surface area contributed by atoms with E-state index in [0.717, 1.165) is 10.5 Å². The van der Waals surface area contributed by atoms with Crippen molar-refractivity contribution in [3.05, 3.63) is 77.0 Å². The minimum Gasteiger partial charge on any atom is -0.455 e. The van der Waals surface area contributed by atoms with Crippen molar-refractivity contribution in [3.8, 4) is 17.4 Å². The van der Waals surface area contributed by atoms with Crippen molar-refractivity contribution in [3.63, 3.8) is 0 Å². The highest BCUT2D eigenvalue weighted by molar-refractivity contribution is 8.00. The smallest absolute Gasteiger partial charge is 0.250 e. The van der Waals surface area contributed by atoms with Gasteiger partial charge in [-0.1, -0.05) is 11.6 Å². The molecule has 0 aliphatic heterocycles. The monoisotopic (exact) mass is 395 g/mol. The average molecular weight is 396 g/mol. The molecular weight excluding hydrogens is 382 g/mol. The Kier molecular flexibility index (Phi) is 6.31. The molecule has 2 aromatic carbocycles. The third-order valence-electron chi connectivity index (χ3n) is 3.49. The number of benzene rings is 2. The Morgan fingerprint density at radius 2 is 1.89 bits per heavy atom. The van der Waals surface area contributed by atoms with Gasteiger partial charge in [-0.25, -0.2) is 5.43 Å². The van der Waals surface area contributed by atoms with Crippen LogP contribution in [0.3, 0.4) is 0 Å². The van der Waals surface area contributed by atoms with Crippen LogP contribution in [0.2, 0.25) is 5.02 Å². The number of carbonyl (C=O) groups is 1. The highest BCUT2D eigenvalue weighted by atomic mass is 35.5. The zero-order valence-corrected chi connectivity index (χ0v) is 15.6. The van der Waals surface area contributed by atoms with E-state index in [-0.39, 0.29) is 11.7 Å². The van der Waals surface area contributed by atoms with Crippen LogP contribution in [-0.2, 0) is 4.79 Å². The third kappa shape index (κ3) is 5.48. The second kappa shape index (κ2) is 9.08. The van der Waals surface area contributed by atoms with E-state index in [1.807, 2.05) is 24.3 Å². The number of nitrogens with zero attached hydrogens (tertiary/aromatic N) is 2. The van der Waals surface area contributed by atoms with Crippen LogP contribution in [0.4, 0.5) is 0 Å². The van der Waals surface area contributed by atoms with E-state index in [0.29, 0.717) is 22.1 Å². The highest BCUT2D eigenvalue weighted by Gasteiger charge is 2.05. The molecular formula is C20H14ClN3O2S. The number of nitriles is 1. The predicted molar refractivity (Wildman–Crippen MR) is 107 cm³/mol. The molecule has 1 aromatic heterocycles. The summed E-state index contributed by atoms with van der Waals surface area (Å²) in [5.41, 5.74) is 3.91. The van der Waals surface area contributed by atoms with E-state index >= 15 is 0 Å². The van der Waals surface area contributed by atoms with Gasteiger partial charge in [0.15, 0.2) is 0 Å². The summed E-state index contributed by atoms with van der Waals surface area (Å²) in [7, 11) is 0. The number of nitrogens with one attached hydrogen (secondary N) is 1. The van der Waals surface area contributed by atoms with Gasteiger partial charge in [-0.3, -0.25) is 4.79 Å². The molecule has 0 atom stereocenters. The number of hydrazone groups is 1. The molecule has 1 N–H and O–H groups in total. The number of carbonyl (C=O) groups excluding carboxylic acids is 1. The Labute approximate surface area is 165 Å². The van der Waals surface area contributed by atoms with E-state index in [1.54, 1.807) is 36.4 Å². The molecule has 0 bridgehead atoms. The topological polar surface area (TPSA) is 78.4 Å². The molecule has 3 aromatic rings. The lowest BCUT2D eigenvalue weighted by atomic mass is 10.1. The van der Waals surface area contributed by atoms with Crippen LogP contribution >= 0.6 is 23.4 Å². The summed E-state index contributed by atoms with van der Waals surface area (Å²) in [5.74, 6) is 1.20. The summed E-state index contributed by atoms with van der Waals surface area (Å²) < 4.78 is 5.66. The van der Waals surface area contributed by atoms with Crippen LogP contribution < -0.4 is 5.43 Å². The molecule has 0 radical (unpaired) electrons. The van der Waals surface area contributed by atoms with Crippen molar-refractivity contribution < 1.29 is 9.21 Å². The van der Waals surface area contributed by atoms with Crippen molar-refractivity contribution in [2.45, 2.75) is 4.90 Å². The van der Waals surface area contributed by atoms with Crippen LogP contribution in [-0.4, -0.2) is 17.9 Å². The molecule has 3 rings (SSSR count). The number of amides is 1. The van der Waals surface area contributed by atoms with E-state index in [1.165, 1.54) is 18.0 Å². The molecule has 0 unspecified atom stereocenters. The average Bonchev–Trinajstić information content (AvgIpc) is 3.16. The van der Waals surface area contributed by atoms with Crippen molar-refractivity contribution in [1.29, 1.82) is 5.26 Å². The first-order chi connectivity index (χ1) is 13.1.